The molecule has 0 atom stereocenters. The number of rotatable bonds is 4. The molecule has 0 heterocycles. The molecule has 0 aromatic heterocycles. The molecule has 114 valence electrons. The van der Waals surface area contributed by atoms with Crippen LogP contribution in [-0.2, 0) is 15.9 Å². The molecule has 3 nitrogen and oxygen atoms in total. The molecular weight excluding hydrogens is 324 g/mol. The Balaban J connectivity index is 3.26. The highest BCUT2D eigenvalue weighted by Crippen LogP contribution is 2.28. The fourth-order valence-corrected chi connectivity index (χ4v) is 3.71. The third-order valence-electron chi connectivity index (χ3n) is 2.63. The molecule has 0 saturated heterocycles. The number of sulfonamides is 1. The van der Waals surface area contributed by atoms with Crippen molar-refractivity contribution in [1.29, 1.82) is 0 Å². The van der Waals surface area contributed by atoms with Crippen molar-refractivity contribution in [2.75, 3.05) is 13.6 Å². The van der Waals surface area contributed by atoms with Crippen LogP contribution in [0.15, 0.2) is 17.0 Å². The zero-order chi connectivity index (χ0) is 15.7. The van der Waals surface area contributed by atoms with Crippen molar-refractivity contribution in [3.8, 4) is 0 Å². The van der Waals surface area contributed by atoms with E-state index in [1.165, 1.54) is 17.4 Å². The summed E-state index contributed by atoms with van der Waals surface area (Å²) in [5, 5.41) is -0.141. The number of hydrogen-bond donors (Lipinski definition) is 0. The summed E-state index contributed by atoms with van der Waals surface area (Å²) >= 11 is 11.4. The van der Waals surface area contributed by atoms with Gasteiger partial charge in [0.1, 0.15) is 5.82 Å². The lowest BCUT2D eigenvalue weighted by Crippen LogP contribution is -2.34. The van der Waals surface area contributed by atoms with Crippen molar-refractivity contribution in [2.24, 2.45) is 5.41 Å². The summed E-state index contributed by atoms with van der Waals surface area (Å²) in [5.41, 5.74) is 0.0540. The van der Waals surface area contributed by atoms with Gasteiger partial charge in [-0.3, -0.25) is 0 Å². The second-order valence-corrected chi connectivity index (χ2v) is 8.52. The zero-order valence-electron chi connectivity index (χ0n) is 11.9. The number of alkyl halides is 1. The molecule has 0 bridgehead atoms. The van der Waals surface area contributed by atoms with Crippen LogP contribution in [0.4, 0.5) is 4.39 Å². The Hall–Kier alpha value is -0.360. The summed E-state index contributed by atoms with van der Waals surface area (Å²) in [6, 6.07) is 2.24. The first-order chi connectivity index (χ1) is 8.99. The predicted molar refractivity (Wildman–Crippen MR) is 80.2 cm³/mol. The molecule has 0 amide bonds. The molecule has 0 fully saturated rings. The molecule has 0 saturated carbocycles. The summed E-state index contributed by atoms with van der Waals surface area (Å²) in [7, 11) is -2.30. The van der Waals surface area contributed by atoms with Gasteiger partial charge in [-0.05, 0) is 23.1 Å². The maximum absolute atomic E-state index is 13.7. The molecule has 20 heavy (non-hydrogen) atoms. The van der Waals surface area contributed by atoms with Crippen LogP contribution >= 0.6 is 23.2 Å². The summed E-state index contributed by atoms with van der Waals surface area (Å²) < 4.78 is 39.7. The quantitative estimate of drug-likeness (QED) is 0.779. The smallest absolute Gasteiger partial charge is 0.207 e. The van der Waals surface area contributed by atoms with Gasteiger partial charge in [-0.1, -0.05) is 32.4 Å². The summed E-state index contributed by atoms with van der Waals surface area (Å²) in [6.07, 6.45) is 0. The Labute approximate surface area is 129 Å². The van der Waals surface area contributed by atoms with E-state index in [2.05, 4.69) is 0 Å². The van der Waals surface area contributed by atoms with Crippen molar-refractivity contribution in [2.45, 2.75) is 31.5 Å². The van der Waals surface area contributed by atoms with Crippen molar-refractivity contribution in [3.05, 3.63) is 28.5 Å². The van der Waals surface area contributed by atoms with E-state index >= 15 is 0 Å². The highest BCUT2D eigenvalue weighted by molar-refractivity contribution is 7.89. The first-order valence-electron chi connectivity index (χ1n) is 5.99. The lowest BCUT2D eigenvalue weighted by atomic mass is 9.97. The average Bonchev–Trinajstić information content (AvgIpc) is 2.30. The number of halogens is 3. The van der Waals surface area contributed by atoms with Crippen LogP contribution in [0.25, 0.3) is 0 Å². The molecule has 1 rings (SSSR count). The minimum Gasteiger partial charge on any atom is -0.207 e. The van der Waals surface area contributed by atoms with Crippen LogP contribution in [0.1, 0.15) is 26.3 Å². The third kappa shape index (κ3) is 4.07. The Kier molecular flexibility index (Phi) is 5.46. The maximum atomic E-state index is 13.7. The van der Waals surface area contributed by atoms with Crippen LogP contribution in [0.2, 0.25) is 5.02 Å². The van der Waals surface area contributed by atoms with Crippen molar-refractivity contribution in [3.63, 3.8) is 0 Å². The molecule has 0 aliphatic rings. The Morgan fingerprint density at radius 3 is 2.30 bits per heavy atom. The number of benzene rings is 1. The van der Waals surface area contributed by atoms with E-state index < -0.39 is 15.8 Å². The number of nitrogens with zero attached hydrogens (tertiary/aromatic N) is 1. The van der Waals surface area contributed by atoms with Gasteiger partial charge in [0.15, 0.2) is 0 Å². The fourth-order valence-electron chi connectivity index (χ4n) is 1.80. The van der Waals surface area contributed by atoms with Gasteiger partial charge in [0.2, 0.25) is 10.0 Å². The molecule has 0 N–H and O–H groups in total. The Morgan fingerprint density at radius 1 is 1.30 bits per heavy atom. The topological polar surface area (TPSA) is 37.4 Å². The van der Waals surface area contributed by atoms with Gasteiger partial charge in [0.05, 0.1) is 9.92 Å². The van der Waals surface area contributed by atoms with E-state index in [0.29, 0.717) is 6.54 Å². The predicted octanol–water partition coefficient (Wildman–Crippen LogP) is 3.88. The SMILES string of the molecule is CN(CC(C)(C)C)S(=O)(=O)c1cc(F)c(Cl)c(CCl)c1. The first-order valence-corrected chi connectivity index (χ1v) is 8.34. The van der Waals surface area contributed by atoms with Crippen molar-refractivity contribution in [1.82, 2.24) is 4.31 Å². The van der Waals surface area contributed by atoms with E-state index in [1.54, 1.807) is 0 Å². The molecule has 0 aliphatic carbocycles. The molecule has 0 aliphatic heterocycles. The van der Waals surface area contributed by atoms with Gasteiger partial charge in [-0.15, -0.1) is 11.6 Å². The van der Waals surface area contributed by atoms with Gasteiger partial charge in [-0.2, -0.15) is 0 Å². The van der Waals surface area contributed by atoms with E-state index in [0.717, 1.165) is 6.07 Å². The molecule has 0 unspecified atom stereocenters. The molecule has 7 heteroatoms. The van der Waals surface area contributed by atoms with Crippen molar-refractivity contribution >= 4 is 33.2 Å². The molecule has 1 aromatic rings. The van der Waals surface area contributed by atoms with Gasteiger partial charge >= 0.3 is 0 Å². The number of hydrogen-bond acceptors (Lipinski definition) is 2. The Morgan fingerprint density at radius 2 is 1.85 bits per heavy atom. The van der Waals surface area contributed by atoms with E-state index in [-0.39, 0.29) is 26.8 Å². The van der Waals surface area contributed by atoms with Crippen LogP contribution in [0.3, 0.4) is 0 Å². The van der Waals surface area contributed by atoms with Crippen LogP contribution < -0.4 is 0 Å². The van der Waals surface area contributed by atoms with Crippen LogP contribution in [0, 0.1) is 11.2 Å². The largest absolute Gasteiger partial charge is 0.242 e. The maximum Gasteiger partial charge on any atom is 0.242 e. The van der Waals surface area contributed by atoms with Gasteiger partial charge in [0.25, 0.3) is 0 Å². The summed E-state index contributed by atoms with van der Waals surface area (Å²) in [4.78, 5) is -0.137. The molecule has 0 spiro atoms. The lowest BCUT2D eigenvalue weighted by molar-refractivity contribution is 0.310. The standard InChI is InChI=1S/C13H18Cl2FNO2S/c1-13(2,3)8-17(4)20(18,19)10-5-9(7-14)12(15)11(16)6-10/h5-6H,7-8H2,1-4H3. The van der Waals surface area contributed by atoms with Crippen LogP contribution in [-0.4, -0.2) is 26.3 Å². The van der Waals surface area contributed by atoms with E-state index in [1.807, 2.05) is 20.8 Å². The summed E-state index contributed by atoms with van der Waals surface area (Å²) in [6.45, 7) is 6.08. The molecule has 1 aromatic carbocycles. The second kappa shape index (κ2) is 6.18. The molecule has 0 radical (unpaired) electrons. The second-order valence-electron chi connectivity index (χ2n) is 5.83. The van der Waals surface area contributed by atoms with Gasteiger partial charge < -0.3 is 0 Å². The van der Waals surface area contributed by atoms with Gasteiger partial charge in [-0.25, -0.2) is 17.1 Å². The lowest BCUT2D eigenvalue weighted by Gasteiger charge is -2.26. The van der Waals surface area contributed by atoms with Crippen LogP contribution in [0.5, 0.6) is 0 Å². The minimum absolute atomic E-state index is 0.0535. The first kappa shape index (κ1) is 17.7. The van der Waals surface area contributed by atoms with E-state index in [4.69, 9.17) is 23.2 Å². The monoisotopic (exact) mass is 341 g/mol. The van der Waals surface area contributed by atoms with E-state index in [9.17, 15) is 12.8 Å². The normalized spacial score (nSPS) is 13.0. The van der Waals surface area contributed by atoms with Crippen molar-refractivity contribution < 1.29 is 12.8 Å². The fraction of sp³-hybridized carbons (Fsp3) is 0.538. The third-order valence-corrected chi connectivity index (χ3v) is 5.12. The van der Waals surface area contributed by atoms with Gasteiger partial charge in [0, 0.05) is 19.5 Å². The minimum atomic E-state index is -3.77. The zero-order valence-corrected chi connectivity index (χ0v) is 14.2. The highest BCUT2D eigenvalue weighted by Gasteiger charge is 2.26. The summed E-state index contributed by atoms with van der Waals surface area (Å²) in [5.74, 6) is -0.838. The molecular formula is C13H18Cl2FNO2S. The average molecular weight is 342 g/mol. The highest BCUT2D eigenvalue weighted by atomic mass is 35.5. The Bertz CT molecular complexity index is 597.